The molecule has 2 N–H and O–H groups in total. The van der Waals surface area contributed by atoms with Crippen LogP contribution in [0.4, 0.5) is 8.78 Å². The highest BCUT2D eigenvalue weighted by Crippen LogP contribution is 2.42. The van der Waals surface area contributed by atoms with Gasteiger partial charge < -0.3 is 19.9 Å². The topological polar surface area (TPSA) is 50.7 Å². The van der Waals surface area contributed by atoms with Gasteiger partial charge in [-0.15, -0.1) is 0 Å². The third-order valence-corrected chi connectivity index (χ3v) is 2.77. The molecule has 1 atom stereocenters. The number of fused-ring (bicyclic) bond motifs is 1. The van der Waals surface area contributed by atoms with Crippen LogP contribution in [0.15, 0.2) is 12.1 Å². The highest BCUT2D eigenvalue weighted by atomic mass is 19.3. The van der Waals surface area contributed by atoms with Gasteiger partial charge in [0.2, 0.25) is 6.79 Å². The fourth-order valence-corrected chi connectivity index (χ4v) is 1.92. The number of benzene rings is 1. The molecule has 1 aromatic rings. The van der Waals surface area contributed by atoms with E-state index in [1.807, 2.05) is 0 Å². The van der Waals surface area contributed by atoms with Crippen LogP contribution in [0.1, 0.15) is 24.2 Å². The molecule has 1 unspecified atom stereocenters. The van der Waals surface area contributed by atoms with Crippen molar-refractivity contribution in [3.63, 3.8) is 0 Å². The van der Waals surface area contributed by atoms with E-state index in [4.69, 9.17) is 9.47 Å². The predicted octanol–water partition coefficient (Wildman–Crippen LogP) is 1.78. The SMILES string of the molecule is CNCC(O)c1cc2c(cc1C(C)(F)F)OCO2. The lowest BCUT2D eigenvalue weighted by atomic mass is 9.97. The predicted molar refractivity (Wildman–Crippen MR) is 61.0 cm³/mol. The Kier molecular flexibility index (Phi) is 3.41. The summed E-state index contributed by atoms with van der Waals surface area (Å²) in [6.45, 7) is 0.985. The molecule has 0 amide bonds. The molecule has 0 aromatic heterocycles. The second kappa shape index (κ2) is 4.70. The number of aliphatic hydroxyl groups is 1. The maximum Gasteiger partial charge on any atom is 0.271 e. The molecule has 1 aliphatic heterocycles. The van der Waals surface area contributed by atoms with Gasteiger partial charge >= 0.3 is 0 Å². The zero-order valence-electron chi connectivity index (χ0n) is 10.2. The van der Waals surface area contributed by atoms with Gasteiger partial charge in [0.15, 0.2) is 11.5 Å². The summed E-state index contributed by atoms with van der Waals surface area (Å²) in [5.74, 6) is -2.38. The fourth-order valence-electron chi connectivity index (χ4n) is 1.92. The summed E-state index contributed by atoms with van der Waals surface area (Å²) >= 11 is 0. The average molecular weight is 259 g/mol. The molecule has 18 heavy (non-hydrogen) atoms. The van der Waals surface area contributed by atoms with E-state index in [-0.39, 0.29) is 30.2 Å². The second-order valence-corrected chi connectivity index (χ2v) is 4.25. The third-order valence-electron chi connectivity index (χ3n) is 2.77. The van der Waals surface area contributed by atoms with E-state index in [1.165, 1.54) is 12.1 Å². The zero-order chi connectivity index (χ0) is 13.3. The number of likely N-dealkylation sites (N-methyl/N-ethyl adjacent to an activating group) is 1. The molecule has 0 aliphatic carbocycles. The lowest BCUT2D eigenvalue weighted by Gasteiger charge is -2.20. The van der Waals surface area contributed by atoms with Gasteiger partial charge in [0.25, 0.3) is 5.92 Å². The highest BCUT2D eigenvalue weighted by molar-refractivity contribution is 5.50. The Hall–Kier alpha value is -1.40. The standard InChI is InChI=1S/C12H15F2NO3/c1-12(13,14)8-4-11-10(17-6-18-11)3-7(8)9(16)5-15-2/h3-4,9,15-16H,5-6H2,1-2H3. The van der Waals surface area contributed by atoms with Crippen molar-refractivity contribution in [2.75, 3.05) is 20.4 Å². The lowest BCUT2D eigenvalue weighted by Crippen LogP contribution is -2.20. The minimum Gasteiger partial charge on any atom is -0.454 e. The van der Waals surface area contributed by atoms with Crippen molar-refractivity contribution in [3.8, 4) is 11.5 Å². The first-order valence-electron chi connectivity index (χ1n) is 5.58. The number of ether oxygens (including phenoxy) is 2. The van der Waals surface area contributed by atoms with Gasteiger partial charge in [0, 0.05) is 19.0 Å². The normalized spacial score (nSPS) is 15.8. The molecule has 0 fully saturated rings. The summed E-state index contributed by atoms with van der Waals surface area (Å²) < 4.78 is 37.3. The smallest absolute Gasteiger partial charge is 0.271 e. The lowest BCUT2D eigenvalue weighted by molar-refractivity contribution is 0.0135. The zero-order valence-corrected chi connectivity index (χ0v) is 10.2. The van der Waals surface area contributed by atoms with Crippen LogP contribution in [-0.2, 0) is 5.92 Å². The maximum absolute atomic E-state index is 13.6. The fraction of sp³-hybridized carbons (Fsp3) is 0.500. The van der Waals surface area contributed by atoms with E-state index in [9.17, 15) is 13.9 Å². The number of aliphatic hydroxyl groups excluding tert-OH is 1. The molecule has 1 heterocycles. The molecular formula is C12H15F2NO3. The Bertz CT molecular complexity index is 446. The van der Waals surface area contributed by atoms with Crippen molar-refractivity contribution in [1.82, 2.24) is 5.32 Å². The number of hydrogen-bond acceptors (Lipinski definition) is 4. The van der Waals surface area contributed by atoms with Crippen molar-refractivity contribution in [2.45, 2.75) is 19.0 Å². The van der Waals surface area contributed by atoms with Crippen LogP contribution in [0, 0.1) is 0 Å². The van der Waals surface area contributed by atoms with Crippen LogP contribution in [0.25, 0.3) is 0 Å². The van der Waals surface area contributed by atoms with Gasteiger partial charge in [0.05, 0.1) is 6.10 Å². The molecule has 1 aliphatic rings. The molecule has 0 radical (unpaired) electrons. The van der Waals surface area contributed by atoms with Crippen LogP contribution in [0.3, 0.4) is 0 Å². The van der Waals surface area contributed by atoms with E-state index in [0.29, 0.717) is 5.75 Å². The molecule has 100 valence electrons. The summed E-state index contributed by atoms with van der Waals surface area (Å²) in [7, 11) is 1.64. The van der Waals surface area contributed by atoms with Crippen molar-refractivity contribution in [3.05, 3.63) is 23.3 Å². The second-order valence-electron chi connectivity index (χ2n) is 4.25. The van der Waals surface area contributed by atoms with E-state index in [1.54, 1.807) is 7.05 Å². The first-order chi connectivity index (χ1) is 8.43. The summed E-state index contributed by atoms with van der Waals surface area (Å²) in [5.41, 5.74) is -0.0874. The molecule has 4 nitrogen and oxygen atoms in total. The first-order valence-corrected chi connectivity index (χ1v) is 5.58. The van der Waals surface area contributed by atoms with Crippen LogP contribution in [0.5, 0.6) is 11.5 Å². The quantitative estimate of drug-likeness (QED) is 0.865. The number of hydrogen-bond donors (Lipinski definition) is 2. The Balaban J connectivity index is 2.48. The Morgan fingerprint density at radius 2 is 2.00 bits per heavy atom. The van der Waals surface area contributed by atoms with Crippen LogP contribution in [-0.4, -0.2) is 25.5 Å². The van der Waals surface area contributed by atoms with E-state index in [0.717, 1.165) is 6.92 Å². The molecule has 1 aromatic carbocycles. The number of alkyl halides is 2. The minimum atomic E-state index is -3.05. The van der Waals surface area contributed by atoms with E-state index < -0.39 is 12.0 Å². The van der Waals surface area contributed by atoms with Crippen LogP contribution < -0.4 is 14.8 Å². The first kappa shape index (κ1) is 13.0. The van der Waals surface area contributed by atoms with Gasteiger partial charge in [-0.3, -0.25) is 0 Å². The molecule has 0 bridgehead atoms. The monoisotopic (exact) mass is 259 g/mol. The Labute approximate surface area is 104 Å². The Morgan fingerprint density at radius 3 is 2.56 bits per heavy atom. The van der Waals surface area contributed by atoms with E-state index in [2.05, 4.69) is 5.32 Å². The Morgan fingerprint density at radius 1 is 1.39 bits per heavy atom. The number of rotatable bonds is 4. The van der Waals surface area contributed by atoms with Crippen molar-refractivity contribution in [2.24, 2.45) is 0 Å². The number of halogens is 2. The van der Waals surface area contributed by atoms with Crippen molar-refractivity contribution >= 4 is 0 Å². The third kappa shape index (κ3) is 2.39. The minimum absolute atomic E-state index is 0.00956. The molecule has 6 heteroatoms. The molecule has 0 saturated carbocycles. The van der Waals surface area contributed by atoms with E-state index >= 15 is 0 Å². The number of nitrogens with one attached hydrogen (secondary N) is 1. The van der Waals surface area contributed by atoms with Gasteiger partial charge in [0.1, 0.15) is 0 Å². The molecule has 2 rings (SSSR count). The largest absolute Gasteiger partial charge is 0.454 e. The average Bonchev–Trinajstić information content (AvgIpc) is 2.73. The van der Waals surface area contributed by atoms with Gasteiger partial charge in [-0.25, -0.2) is 8.78 Å². The molecular weight excluding hydrogens is 244 g/mol. The van der Waals surface area contributed by atoms with Crippen molar-refractivity contribution in [1.29, 1.82) is 0 Å². The van der Waals surface area contributed by atoms with Crippen LogP contribution >= 0.6 is 0 Å². The van der Waals surface area contributed by atoms with Crippen LogP contribution in [0.2, 0.25) is 0 Å². The summed E-state index contributed by atoms with van der Waals surface area (Å²) in [6.07, 6.45) is -1.02. The summed E-state index contributed by atoms with van der Waals surface area (Å²) in [5, 5.41) is 12.6. The maximum atomic E-state index is 13.6. The summed E-state index contributed by atoms with van der Waals surface area (Å²) in [6, 6.07) is 2.65. The van der Waals surface area contributed by atoms with Gasteiger partial charge in [-0.2, -0.15) is 0 Å². The van der Waals surface area contributed by atoms with Gasteiger partial charge in [-0.1, -0.05) is 0 Å². The highest BCUT2D eigenvalue weighted by Gasteiger charge is 2.32. The van der Waals surface area contributed by atoms with Gasteiger partial charge in [-0.05, 0) is 24.7 Å². The van der Waals surface area contributed by atoms with Crippen molar-refractivity contribution < 1.29 is 23.4 Å². The summed E-state index contributed by atoms with van der Waals surface area (Å²) in [4.78, 5) is 0. The molecule has 0 spiro atoms. The molecule has 0 saturated heterocycles.